The summed E-state index contributed by atoms with van der Waals surface area (Å²) in [6.45, 7) is 4.05. The first-order valence-electron chi connectivity index (χ1n) is 2.54. The zero-order valence-corrected chi connectivity index (χ0v) is 7.22. The molecule has 0 atom stereocenters. The van der Waals surface area contributed by atoms with Crippen LogP contribution >= 0.6 is 0 Å². The summed E-state index contributed by atoms with van der Waals surface area (Å²) in [7, 11) is 0. The average molecular weight is 179 g/mol. The molecule has 2 nitrogen and oxygen atoms in total. The maximum absolute atomic E-state index is 5.45. The van der Waals surface area contributed by atoms with E-state index in [1.807, 2.05) is 13.8 Å². The minimum atomic E-state index is 0.358. The van der Waals surface area contributed by atoms with E-state index in [0.29, 0.717) is 21.0 Å². The summed E-state index contributed by atoms with van der Waals surface area (Å²) < 4.78 is 0.813. The van der Waals surface area contributed by atoms with Gasteiger partial charge in [0.25, 0.3) is 0 Å². The maximum atomic E-state index is 5.45. The summed E-state index contributed by atoms with van der Waals surface area (Å²) in [5.41, 5.74) is 5.45. The predicted octanol–water partition coefficient (Wildman–Crippen LogP) is 0.462. The fraction of sp³-hybridized carbons (Fsp3) is 0.800. The number of nitrogens with zero attached hydrogens (tertiary/aromatic N) is 1. The molecule has 0 radical (unpaired) electrons. The molecule has 2 N–H and O–H groups in total. The SMILES string of the molecule is C[Se]C(N)=NC(C)C. The molecule has 0 bridgehead atoms. The van der Waals surface area contributed by atoms with Crippen LogP contribution < -0.4 is 5.73 Å². The second-order valence-corrected chi connectivity index (χ2v) is 3.50. The van der Waals surface area contributed by atoms with Gasteiger partial charge in [0, 0.05) is 0 Å². The van der Waals surface area contributed by atoms with Gasteiger partial charge in [-0.1, -0.05) is 0 Å². The van der Waals surface area contributed by atoms with Gasteiger partial charge in [0.2, 0.25) is 0 Å². The first kappa shape index (κ1) is 7.99. The first-order valence-corrected chi connectivity index (χ1v) is 5.11. The Balaban J connectivity index is 3.56. The van der Waals surface area contributed by atoms with E-state index in [-0.39, 0.29) is 0 Å². The van der Waals surface area contributed by atoms with Crippen LogP contribution in [0, 0.1) is 0 Å². The molecule has 0 aliphatic rings. The van der Waals surface area contributed by atoms with Crippen LogP contribution in [0.25, 0.3) is 0 Å². The van der Waals surface area contributed by atoms with Crippen molar-refractivity contribution in [1.29, 1.82) is 0 Å². The second-order valence-electron chi connectivity index (χ2n) is 1.77. The van der Waals surface area contributed by atoms with Crippen molar-refractivity contribution in [3.05, 3.63) is 0 Å². The molecule has 0 unspecified atom stereocenters. The van der Waals surface area contributed by atoms with Crippen LogP contribution in [0.3, 0.4) is 0 Å². The second kappa shape index (κ2) is 3.93. The Morgan fingerprint density at radius 3 is 2.25 bits per heavy atom. The molecule has 0 spiro atoms. The van der Waals surface area contributed by atoms with Crippen molar-refractivity contribution >= 4 is 19.7 Å². The van der Waals surface area contributed by atoms with Gasteiger partial charge in [-0.3, -0.25) is 0 Å². The number of nitrogens with two attached hydrogens (primary N) is 1. The molecule has 0 saturated heterocycles. The number of hydrogen-bond donors (Lipinski definition) is 1. The molecule has 0 aliphatic carbocycles. The number of aliphatic imine (C=N–C) groups is 1. The van der Waals surface area contributed by atoms with E-state index < -0.39 is 0 Å². The van der Waals surface area contributed by atoms with Gasteiger partial charge in [0.05, 0.1) is 0 Å². The summed E-state index contributed by atoms with van der Waals surface area (Å²) >= 11 is 0.393. The quantitative estimate of drug-likeness (QED) is 0.373. The summed E-state index contributed by atoms with van der Waals surface area (Å²) in [4.78, 5) is 4.12. The van der Waals surface area contributed by atoms with E-state index in [9.17, 15) is 0 Å². The van der Waals surface area contributed by atoms with Gasteiger partial charge in [-0.2, -0.15) is 0 Å². The molecule has 0 saturated carbocycles. The Labute approximate surface area is 56.7 Å². The topological polar surface area (TPSA) is 38.4 Å². The Kier molecular flexibility index (Phi) is 3.92. The van der Waals surface area contributed by atoms with E-state index in [2.05, 4.69) is 10.8 Å². The Morgan fingerprint density at radius 2 is 2.12 bits per heavy atom. The van der Waals surface area contributed by atoms with E-state index in [0.717, 1.165) is 4.73 Å². The molecule has 0 amide bonds. The Hall–Kier alpha value is -0.0105. The number of rotatable bonds is 2. The van der Waals surface area contributed by atoms with Crippen LogP contribution in [0.2, 0.25) is 5.82 Å². The van der Waals surface area contributed by atoms with Crippen molar-refractivity contribution in [2.24, 2.45) is 10.7 Å². The van der Waals surface area contributed by atoms with Gasteiger partial charge in [-0.15, -0.1) is 0 Å². The van der Waals surface area contributed by atoms with E-state index in [4.69, 9.17) is 5.73 Å². The van der Waals surface area contributed by atoms with Crippen molar-refractivity contribution in [2.75, 3.05) is 0 Å². The molecule has 0 rings (SSSR count). The molecule has 0 aromatic carbocycles. The average Bonchev–Trinajstić information content (AvgIpc) is 1.65. The molecule has 8 heavy (non-hydrogen) atoms. The van der Waals surface area contributed by atoms with Gasteiger partial charge < -0.3 is 0 Å². The normalized spacial score (nSPS) is 12.8. The zero-order valence-electron chi connectivity index (χ0n) is 5.51. The van der Waals surface area contributed by atoms with Gasteiger partial charge in [-0.05, 0) is 0 Å². The van der Waals surface area contributed by atoms with Crippen LogP contribution in [0.4, 0.5) is 0 Å². The van der Waals surface area contributed by atoms with Crippen LogP contribution in [0.5, 0.6) is 0 Å². The summed E-state index contributed by atoms with van der Waals surface area (Å²) in [6.07, 6.45) is 0. The molecule has 0 aromatic heterocycles. The minimum absolute atomic E-state index is 0.358. The van der Waals surface area contributed by atoms with Crippen LogP contribution in [-0.2, 0) is 0 Å². The molecule has 0 aromatic rings. The fourth-order valence-electron chi connectivity index (χ4n) is 0.307. The van der Waals surface area contributed by atoms with Crippen LogP contribution in [-0.4, -0.2) is 25.7 Å². The van der Waals surface area contributed by atoms with E-state index >= 15 is 0 Å². The number of hydrogen-bond acceptors (Lipinski definition) is 1. The van der Waals surface area contributed by atoms with Gasteiger partial charge in [0.1, 0.15) is 0 Å². The zero-order chi connectivity index (χ0) is 6.57. The first-order chi connectivity index (χ1) is 3.66. The third-order valence-electron chi connectivity index (χ3n) is 0.595. The molecule has 48 valence electrons. The van der Waals surface area contributed by atoms with Crippen LogP contribution in [0.1, 0.15) is 13.8 Å². The standard InChI is InChI=1S/C5H12N2Se/c1-4(2)7-5(6)8-3/h4H,1-3H3,(H2,6,7). The molecule has 0 heterocycles. The van der Waals surface area contributed by atoms with Gasteiger partial charge in [0.15, 0.2) is 0 Å². The van der Waals surface area contributed by atoms with Gasteiger partial charge in [-0.25, -0.2) is 0 Å². The summed E-state index contributed by atoms with van der Waals surface area (Å²) in [5, 5.41) is 0. The molecule has 0 fully saturated rings. The summed E-state index contributed by atoms with van der Waals surface area (Å²) in [5.74, 6) is 2.06. The molecular weight excluding hydrogens is 167 g/mol. The third kappa shape index (κ3) is 4.16. The van der Waals surface area contributed by atoms with Crippen molar-refractivity contribution in [1.82, 2.24) is 0 Å². The third-order valence-corrected chi connectivity index (χ3v) is 1.69. The van der Waals surface area contributed by atoms with Crippen molar-refractivity contribution in [3.8, 4) is 0 Å². The number of amidine groups is 1. The van der Waals surface area contributed by atoms with Crippen molar-refractivity contribution in [3.63, 3.8) is 0 Å². The monoisotopic (exact) mass is 180 g/mol. The Bertz CT molecular complexity index is 88.4. The molecule has 3 heteroatoms. The predicted molar refractivity (Wildman–Crippen MR) is 38.4 cm³/mol. The molecular formula is C5H12N2Se. The Morgan fingerprint density at radius 1 is 1.62 bits per heavy atom. The van der Waals surface area contributed by atoms with E-state index in [1.165, 1.54) is 0 Å². The van der Waals surface area contributed by atoms with Crippen LogP contribution in [0.15, 0.2) is 4.99 Å². The fourth-order valence-corrected chi connectivity index (χ4v) is 0.971. The van der Waals surface area contributed by atoms with Gasteiger partial charge >= 0.3 is 56.1 Å². The summed E-state index contributed by atoms with van der Waals surface area (Å²) in [6, 6.07) is 0.358. The van der Waals surface area contributed by atoms with E-state index in [1.54, 1.807) is 0 Å². The molecule has 0 aliphatic heterocycles. The van der Waals surface area contributed by atoms with Crippen molar-refractivity contribution < 1.29 is 0 Å². The van der Waals surface area contributed by atoms with Crippen molar-refractivity contribution in [2.45, 2.75) is 25.7 Å².